The van der Waals surface area contributed by atoms with Crippen molar-refractivity contribution in [3.8, 4) is 0 Å². The van der Waals surface area contributed by atoms with Crippen LogP contribution in [0.3, 0.4) is 0 Å². The first-order valence-corrected chi connectivity index (χ1v) is 7.92. The van der Waals surface area contributed by atoms with Gasteiger partial charge in [-0.2, -0.15) is 0 Å². The topological polar surface area (TPSA) is 37.8 Å². The lowest BCUT2D eigenvalue weighted by atomic mass is 10.2. The van der Waals surface area contributed by atoms with E-state index in [4.69, 9.17) is 0 Å². The van der Waals surface area contributed by atoms with Crippen LogP contribution in [0.1, 0.15) is 46.4 Å². The van der Waals surface area contributed by atoms with Crippen LogP contribution in [-0.4, -0.2) is 22.3 Å². The van der Waals surface area contributed by atoms with Gasteiger partial charge in [0.05, 0.1) is 0 Å². The van der Waals surface area contributed by atoms with Crippen LogP contribution in [0.25, 0.3) is 0 Å². The molecule has 3 nitrogen and oxygen atoms in total. The quantitative estimate of drug-likeness (QED) is 0.570. The predicted octanol–water partition coefficient (Wildman–Crippen LogP) is 4.00. The van der Waals surface area contributed by atoms with E-state index in [0.29, 0.717) is 0 Å². The Labute approximate surface area is 115 Å². The number of hydrogen-bond donors (Lipinski definition) is 1. The number of nitrogens with zero attached hydrogens (tertiary/aromatic N) is 2. The van der Waals surface area contributed by atoms with Gasteiger partial charge in [-0.1, -0.05) is 27.2 Å². The van der Waals surface area contributed by atoms with Crippen molar-refractivity contribution in [1.29, 1.82) is 0 Å². The van der Waals surface area contributed by atoms with Crippen molar-refractivity contribution in [3.05, 3.63) is 11.9 Å². The molecular weight excluding hydrogens is 242 g/mol. The fraction of sp³-hybridized carbons (Fsp3) is 0.714. The minimum Gasteiger partial charge on any atom is -0.370 e. The van der Waals surface area contributed by atoms with Gasteiger partial charge < -0.3 is 5.32 Å². The zero-order valence-corrected chi connectivity index (χ0v) is 12.8. The van der Waals surface area contributed by atoms with Crippen LogP contribution in [0.2, 0.25) is 0 Å². The molecule has 0 aliphatic heterocycles. The number of rotatable bonds is 8. The van der Waals surface area contributed by atoms with Crippen molar-refractivity contribution in [3.63, 3.8) is 0 Å². The maximum atomic E-state index is 4.62. The largest absolute Gasteiger partial charge is 0.370 e. The molecule has 0 aliphatic carbocycles. The average molecular weight is 267 g/mol. The van der Waals surface area contributed by atoms with Crippen molar-refractivity contribution in [2.24, 2.45) is 5.92 Å². The summed E-state index contributed by atoms with van der Waals surface area (Å²) in [5.74, 6) is 3.79. The second-order valence-corrected chi connectivity index (χ2v) is 5.65. The number of hydrogen-bond acceptors (Lipinski definition) is 4. The van der Waals surface area contributed by atoms with Gasteiger partial charge in [0.25, 0.3) is 0 Å². The number of aromatic nitrogens is 2. The highest BCUT2D eigenvalue weighted by atomic mass is 32.2. The van der Waals surface area contributed by atoms with Gasteiger partial charge in [0.2, 0.25) is 0 Å². The second kappa shape index (κ2) is 8.35. The van der Waals surface area contributed by atoms with E-state index in [-0.39, 0.29) is 0 Å². The van der Waals surface area contributed by atoms with E-state index in [9.17, 15) is 0 Å². The van der Waals surface area contributed by atoms with Gasteiger partial charge in [-0.05, 0) is 19.3 Å². The molecule has 0 saturated carbocycles. The number of nitrogens with one attached hydrogen (secondary N) is 1. The van der Waals surface area contributed by atoms with Gasteiger partial charge in [-0.15, -0.1) is 11.8 Å². The molecule has 4 heteroatoms. The zero-order chi connectivity index (χ0) is 13.4. The molecule has 1 unspecified atom stereocenters. The van der Waals surface area contributed by atoms with Crippen molar-refractivity contribution >= 4 is 17.6 Å². The smallest absolute Gasteiger partial charge is 0.132 e. The summed E-state index contributed by atoms with van der Waals surface area (Å²) in [5.41, 5.74) is 0. The van der Waals surface area contributed by atoms with E-state index in [1.165, 1.54) is 6.42 Å². The molecule has 1 aromatic heterocycles. The summed E-state index contributed by atoms with van der Waals surface area (Å²) in [5, 5.41) is 4.39. The molecule has 0 fully saturated rings. The van der Waals surface area contributed by atoms with Gasteiger partial charge in [-0.25, -0.2) is 9.97 Å². The number of aryl methyl sites for hydroxylation is 1. The summed E-state index contributed by atoms with van der Waals surface area (Å²) in [7, 11) is 0. The molecule has 1 N–H and O–H groups in total. The first-order valence-electron chi connectivity index (χ1n) is 6.94. The first-order chi connectivity index (χ1) is 8.69. The SMILES string of the molecule is CCCc1nc(NCC)cc(SCC(C)CC)n1. The van der Waals surface area contributed by atoms with Gasteiger partial charge >= 0.3 is 0 Å². The molecule has 1 heterocycles. The molecule has 0 amide bonds. The molecule has 0 aliphatic rings. The normalized spacial score (nSPS) is 12.4. The Balaban J connectivity index is 2.75. The molecule has 1 aromatic rings. The van der Waals surface area contributed by atoms with E-state index in [0.717, 1.165) is 47.7 Å². The van der Waals surface area contributed by atoms with Crippen molar-refractivity contribution in [2.45, 2.75) is 52.0 Å². The number of thioether (sulfide) groups is 1. The van der Waals surface area contributed by atoms with Crippen LogP contribution in [0.5, 0.6) is 0 Å². The van der Waals surface area contributed by atoms with E-state index in [1.54, 1.807) is 0 Å². The third kappa shape index (κ3) is 5.25. The Morgan fingerprint density at radius 2 is 2.06 bits per heavy atom. The van der Waals surface area contributed by atoms with Crippen LogP contribution < -0.4 is 5.32 Å². The third-order valence-corrected chi connectivity index (χ3v) is 4.03. The van der Waals surface area contributed by atoms with Crippen molar-refractivity contribution < 1.29 is 0 Å². The summed E-state index contributed by atoms with van der Waals surface area (Å²) in [6.07, 6.45) is 3.27. The van der Waals surface area contributed by atoms with Crippen LogP contribution in [0, 0.1) is 5.92 Å². The Kier molecular flexibility index (Phi) is 7.09. The first kappa shape index (κ1) is 15.3. The Morgan fingerprint density at radius 1 is 1.28 bits per heavy atom. The Bertz CT molecular complexity index is 331. The molecule has 0 aromatic carbocycles. The van der Waals surface area contributed by atoms with Crippen LogP contribution >= 0.6 is 11.8 Å². The maximum Gasteiger partial charge on any atom is 0.132 e. The van der Waals surface area contributed by atoms with E-state index in [1.807, 2.05) is 11.8 Å². The average Bonchev–Trinajstić information content (AvgIpc) is 2.36. The van der Waals surface area contributed by atoms with Gasteiger partial charge in [0, 0.05) is 24.8 Å². The summed E-state index contributed by atoms with van der Waals surface area (Å²) >= 11 is 1.84. The summed E-state index contributed by atoms with van der Waals surface area (Å²) < 4.78 is 0. The lowest BCUT2D eigenvalue weighted by Gasteiger charge is -2.10. The van der Waals surface area contributed by atoms with Crippen LogP contribution in [0.4, 0.5) is 5.82 Å². The standard InChI is InChI=1S/C14H25N3S/c1-5-8-12-16-13(15-7-3)9-14(17-12)18-10-11(4)6-2/h9,11H,5-8,10H2,1-4H3,(H,15,16,17). The molecular formula is C14H25N3S. The van der Waals surface area contributed by atoms with E-state index in [2.05, 4.69) is 49.0 Å². The predicted molar refractivity (Wildman–Crippen MR) is 80.4 cm³/mol. The fourth-order valence-corrected chi connectivity index (χ4v) is 2.56. The van der Waals surface area contributed by atoms with E-state index >= 15 is 0 Å². The minimum atomic E-state index is 0.738. The fourth-order valence-electron chi connectivity index (χ4n) is 1.50. The molecule has 102 valence electrons. The lowest BCUT2D eigenvalue weighted by molar-refractivity contribution is 0.636. The molecule has 18 heavy (non-hydrogen) atoms. The van der Waals surface area contributed by atoms with Gasteiger partial charge in [-0.3, -0.25) is 0 Å². The zero-order valence-electron chi connectivity index (χ0n) is 12.0. The van der Waals surface area contributed by atoms with Crippen molar-refractivity contribution in [2.75, 3.05) is 17.6 Å². The molecule has 0 saturated heterocycles. The highest BCUT2D eigenvalue weighted by Gasteiger charge is 2.06. The monoisotopic (exact) mass is 267 g/mol. The van der Waals surface area contributed by atoms with Crippen LogP contribution in [0.15, 0.2) is 11.1 Å². The minimum absolute atomic E-state index is 0.738. The number of anilines is 1. The summed E-state index contributed by atoms with van der Waals surface area (Å²) in [4.78, 5) is 9.15. The highest BCUT2D eigenvalue weighted by Crippen LogP contribution is 2.22. The lowest BCUT2D eigenvalue weighted by Crippen LogP contribution is -2.05. The molecule has 0 bridgehead atoms. The van der Waals surface area contributed by atoms with Gasteiger partial charge in [0.1, 0.15) is 16.7 Å². The molecule has 1 atom stereocenters. The van der Waals surface area contributed by atoms with Gasteiger partial charge in [0.15, 0.2) is 0 Å². The second-order valence-electron chi connectivity index (χ2n) is 4.61. The Hall–Kier alpha value is -0.770. The van der Waals surface area contributed by atoms with Crippen LogP contribution in [-0.2, 0) is 6.42 Å². The third-order valence-electron chi connectivity index (χ3n) is 2.79. The Morgan fingerprint density at radius 3 is 2.67 bits per heavy atom. The van der Waals surface area contributed by atoms with Crippen molar-refractivity contribution in [1.82, 2.24) is 9.97 Å². The molecule has 1 rings (SSSR count). The van der Waals surface area contributed by atoms with E-state index < -0.39 is 0 Å². The highest BCUT2D eigenvalue weighted by molar-refractivity contribution is 7.99. The summed E-state index contributed by atoms with van der Waals surface area (Å²) in [6.45, 7) is 9.67. The molecule has 0 spiro atoms. The summed E-state index contributed by atoms with van der Waals surface area (Å²) in [6, 6.07) is 2.07. The maximum absolute atomic E-state index is 4.62. The molecule has 0 radical (unpaired) electrons.